The van der Waals surface area contributed by atoms with Gasteiger partial charge in [-0.3, -0.25) is 14.9 Å². The van der Waals surface area contributed by atoms with Crippen LogP contribution in [-0.4, -0.2) is 28.8 Å². The van der Waals surface area contributed by atoms with Crippen LogP contribution < -0.4 is 5.73 Å². The second kappa shape index (κ2) is 8.79. The highest BCUT2D eigenvalue weighted by molar-refractivity contribution is 5.78. The summed E-state index contributed by atoms with van der Waals surface area (Å²) in [5.41, 5.74) is 7.41. The molecular weight excluding hydrogens is 306 g/mol. The molecule has 2 aromatic rings. The van der Waals surface area contributed by atoms with Gasteiger partial charge in [-0.15, -0.1) is 0 Å². The van der Waals surface area contributed by atoms with E-state index in [1.165, 1.54) is 12.1 Å². The Morgan fingerprint density at radius 1 is 1.04 bits per heavy atom. The molecule has 2 rings (SSSR count). The van der Waals surface area contributed by atoms with E-state index in [0.717, 1.165) is 17.5 Å². The van der Waals surface area contributed by atoms with Crippen molar-refractivity contribution >= 4 is 11.6 Å². The lowest BCUT2D eigenvalue weighted by Gasteiger charge is -2.23. The first-order chi connectivity index (χ1) is 11.6. The standard InChI is InChI=1S/C18H21N3O3/c19-11-4-12-20(14-16-5-2-1-3-6-16)18(22)13-15-7-9-17(10-8-15)21(23)24/h1-3,5-10H,4,11-14,19H2. The van der Waals surface area contributed by atoms with Crippen molar-refractivity contribution in [3.8, 4) is 0 Å². The van der Waals surface area contributed by atoms with E-state index in [1.807, 2.05) is 30.3 Å². The number of rotatable bonds is 8. The van der Waals surface area contributed by atoms with Gasteiger partial charge in [0.15, 0.2) is 0 Å². The zero-order chi connectivity index (χ0) is 17.4. The lowest BCUT2D eigenvalue weighted by molar-refractivity contribution is -0.384. The zero-order valence-electron chi connectivity index (χ0n) is 13.4. The molecule has 0 spiro atoms. The van der Waals surface area contributed by atoms with E-state index in [4.69, 9.17) is 5.73 Å². The van der Waals surface area contributed by atoms with Gasteiger partial charge >= 0.3 is 0 Å². The Kier molecular flexibility index (Phi) is 6.45. The van der Waals surface area contributed by atoms with Gasteiger partial charge in [-0.25, -0.2) is 0 Å². The Balaban J connectivity index is 2.04. The van der Waals surface area contributed by atoms with Gasteiger partial charge in [0.2, 0.25) is 5.91 Å². The summed E-state index contributed by atoms with van der Waals surface area (Å²) >= 11 is 0. The molecule has 0 saturated heterocycles. The van der Waals surface area contributed by atoms with E-state index < -0.39 is 4.92 Å². The molecule has 1 amide bonds. The van der Waals surface area contributed by atoms with Crippen LogP contribution in [0.15, 0.2) is 54.6 Å². The maximum Gasteiger partial charge on any atom is 0.269 e. The molecule has 0 saturated carbocycles. The average Bonchev–Trinajstić information content (AvgIpc) is 2.60. The van der Waals surface area contributed by atoms with E-state index in [9.17, 15) is 14.9 Å². The van der Waals surface area contributed by atoms with Gasteiger partial charge in [0.1, 0.15) is 0 Å². The first-order valence-electron chi connectivity index (χ1n) is 7.85. The lowest BCUT2D eigenvalue weighted by Crippen LogP contribution is -2.33. The van der Waals surface area contributed by atoms with Crippen LogP contribution in [0.4, 0.5) is 5.69 Å². The second-order valence-electron chi connectivity index (χ2n) is 5.54. The SMILES string of the molecule is NCCCN(Cc1ccccc1)C(=O)Cc1ccc([N+](=O)[O-])cc1. The molecule has 126 valence electrons. The van der Waals surface area contributed by atoms with E-state index >= 15 is 0 Å². The molecule has 0 bridgehead atoms. The first-order valence-corrected chi connectivity index (χ1v) is 7.85. The number of hydrogen-bond acceptors (Lipinski definition) is 4. The van der Waals surface area contributed by atoms with Crippen LogP contribution in [0.5, 0.6) is 0 Å². The Morgan fingerprint density at radius 3 is 2.29 bits per heavy atom. The number of nitro groups is 1. The Morgan fingerprint density at radius 2 is 1.71 bits per heavy atom. The molecule has 2 N–H and O–H groups in total. The Labute approximate surface area is 141 Å². The van der Waals surface area contributed by atoms with Gasteiger partial charge in [-0.05, 0) is 24.1 Å². The van der Waals surface area contributed by atoms with E-state index in [2.05, 4.69) is 0 Å². The van der Waals surface area contributed by atoms with Crippen LogP contribution >= 0.6 is 0 Å². The number of carbonyl (C=O) groups is 1. The summed E-state index contributed by atoms with van der Waals surface area (Å²) in [4.78, 5) is 24.6. The minimum atomic E-state index is -0.450. The number of amides is 1. The Bertz CT molecular complexity index is 672. The molecule has 6 heteroatoms. The third-order valence-corrected chi connectivity index (χ3v) is 3.70. The largest absolute Gasteiger partial charge is 0.338 e. The highest BCUT2D eigenvalue weighted by Crippen LogP contribution is 2.14. The molecule has 0 heterocycles. The molecule has 0 aromatic heterocycles. The predicted molar refractivity (Wildman–Crippen MR) is 92.3 cm³/mol. The van der Waals surface area contributed by atoms with Crippen molar-refractivity contribution in [2.75, 3.05) is 13.1 Å². The molecule has 24 heavy (non-hydrogen) atoms. The molecule has 0 unspecified atom stereocenters. The van der Waals surface area contributed by atoms with Crippen LogP contribution in [0.3, 0.4) is 0 Å². The van der Waals surface area contributed by atoms with Gasteiger partial charge in [-0.2, -0.15) is 0 Å². The molecule has 0 aliphatic heterocycles. The molecule has 0 fully saturated rings. The second-order valence-corrected chi connectivity index (χ2v) is 5.54. The maximum atomic E-state index is 12.6. The number of nitrogens with zero attached hydrogens (tertiary/aromatic N) is 2. The summed E-state index contributed by atoms with van der Waals surface area (Å²) in [6.45, 7) is 1.65. The molecule has 6 nitrogen and oxygen atoms in total. The van der Waals surface area contributed by atoms with Gasteiger partial charge in [0.05, 0.1) is 11.3 Å². The van der Waals surface area contributed by atoms with Crippen LogP contribution in [0.2, 0.25) is 0 Å². The number of nitro benzene ring substituents is 1. The van der Waals surface area contributed by atoms with Crippen molar-refractivity contribution in [1.82, 2.24) is 4.90 Å². The van der Waals surface area contributed by atoms with Crippen molar-refractivity contribution in [1.29, 1.82) is 0 Å². The summed E-state index contributed by atoms with van der Waals surface area (Å²) in [6.07, 6.45) is 0.953. The number of hydrogen-bond donors (Lipinski definition) is 1. The minimum Gasteiger partial charge on any atom is -0.338 e. The minimum absolute atomic E-state index is 0.0128. The fourth-order valence-corrected chi connectivity index (χ4v) is 2.40. The third-order valence-electron chi connectivity index (χ3n) is 3.70. The smallest absolute Gasteiger partial charge is 0.269 e. The average molecular weight is 327 g/mol. The number of non-ortho nitro benzene ring substituents is 1. The van der Waals surface area contributed by atoms with Crippen molar-refractivity contribution in [3.05, 3.63) is 75.8 Å². The van der Waals surface area contributed by atoms with E-state index in [0.29, 0.717) is 19.6 Å². The lowest BCUT2D eigenvalue weighted by atomic mass is 10.1. The molecule has 0 aliphatic rings. The third kappa shape index (κ3) is 5.17. The van der Waals surface area contributed by atoms with E-state index in [-0.39, 0.29) is 18.0 Å². The quantitative estimate of drug-likeness (QED) is 0.596. The summed E-state index contributed by atoms with van der Waals surface area (Å²) in [7, 11) is 0. The van der Waals surface area contributed by atoms with E-state index in [1.54, 1.807) is 17.0 Å². The fourth-order valence-electron chi connectivity index (χ4n) is 2.40. The normalized spacial score (nSPS) is 10.4. The number of carbonyl (C=O) groups excluding carboxylic acids is 1. The van der Waals surface area contributed by atoms with Crippen LogP contribution in [0.1, 0.15) is 17.5 Å². The predicted octanol–water partition coefficient (Wildman–Crippen LogP) is 2.51. The van der Waals surface area contributed by atoms with Gasteiger partial charge in [0.25, 0.3) is 5.69 Å². The molecular formula is C18H21N3O3. The van der Waals surface area contributed by atoms with Crippen molar-refractivity contribution in [2.24, 2.45) is 5.73 Å². The highest BCUT2D eigenvalue weighted by Gasteiger charge is 2.15. The van der Waals surface area contributed by atoms with Crippen LogP contribution in [0.25, 0.3) is 0 Å². The van der Waals surface area contributed by atoms with Crippen molar-refractivity contribution in [2.45, 2.75) is 19.4 Å². The molecule has 0 radical (unpaired) electrons. The van der Waals surface area contributed by atoms with Crippen LogP contribution in [0, 0.1) is 10.1 Å². The summed E-state index contributed by atoms with van der Waals surface area (Å²) in [6, 6.07) is 15.9. The topological polar surface area (TPSA) is 89.5 Å². The first kappa shape index (κ1) is 17.6. The van der Waals surface area contributed by atoms with Gasteiger partial charge in [-0.1, -0.05) is 42.5 Å². The Hall–Kier alpha value is -2.73. The molecule has 0 aliphatic carbocycles. The fraction of sp³-hybridized carbons (Fsp3) is 0.278. The number of nitrogens with two attached hydrogens (primary N) is 1. The zero-order valence-corrected chi connectivity index (χ0v) is 13.4. The summed E-state index contributed by atoms with van der Waals surface area (Å²) in [5, 5.41) is 10.7. The van der Waals surface area contributed by atoms with Gasteiger partial charge < -0.3 is 10.6 Å². The van der Waals surface area contributed by atoms with Crippen molar-refractivity contribution < 1.29 is 9.72 Å². The number of benzene rings is 2. The monoisotopic (exact) mass is 327 g/mol. The summed E-state index contributed by atoms with van der Waals surface area (Å²) in [5.74, 6) is -0.0128. The maximum absolute atomic E-state index is 12.6. The van der Waals surface area contributed by atoms with Gasteiger partial charge in [0, 0.05) is 25.2 Å². The summed E-state index contributed by atoms with van der Waals surface area (Å²) < 4.78 is 0. The van der Waals surface area contributed by atoms with Crippen LogP contribution in [-0.2, 0) is 17.8 Å². The molecule has 0 atom stereocenters. The highest BCUT2D eigenvalue weighted by atomic mass is 16.6. The van der Waals surface area contributed by atoms with Crippen molar-refractivity contribution in [3.63, 3.8) is 0 Å². The molecule has 2 aromatic carbocycles.